The first kappa shape index (κ1) is 19.8. The fraction of sp³-hybridized carbons (Fsp3) is 0.600. The molecule has 2 unspecified atom stereocenters. The molecular formula is C20H26O7. The Morgan fingerprint density at radius 1 is 1.41 bits per heavy atom. The second kappa shape index (κ2) is 6.89. The molecular weight excluding hydrogens is 352 g/mol. The van der Waals surface area contributed by atoms with E-state index in [4.69, 9.17) is 14.2 Å². The van der Waals surface area contributed by atoms with Gasteiger partial charge in [-0.05, 0) is 39.7 Å². The number of ether oxygens (including phenoxy) is 3. The van der Waals surface area contributed by atoms with Crippen LogP contribution in [0.1, 0.15) is 47.0 Å². The van der Waals surface area contributed by atoms with Crippen LogP contribution >= 0.6 is 0 Å². The van der Waals surface area contributed by atoms with E-state index in [9.17, 15) is 19.8 Å². The van der Waals surface area contributed by atoms with E-state index in [-0.39, 0.29) is 30.3 Å². The smallest absolute Gasteiger partial charge is 0.343 e. The van der Waals surface area contributed by atoms with E-state index in [0.717, 1.165) is 5.57 Å². The predicted octanol–water partition coefficient (Wildman–Crippen LogP) is 1.89. The number of aliphatic hydroxyl groups is 2. The van der Waals surface area contributed by atoms with Crippen LogP contribution in [0.5, 0.6) is 0 Å². The number of carbonyl (C=O) groups excluding carboxylic acids is 2. The third-order valence-corrected chi connectivity index (χ3v) is 5.31. The van der Waals surface area contributed by atoms with Gasteiger partial charge in [0.1, 0.15) is 12.4 Å². The number of aliphatic hydroxyl groups excluding tert-OH is 1. The molecule has 0 amide bonds. The Morgan fingerprint density at radius 3 is 2.78 bits per heavy atom. The van der Waals surface area contributed by atoms with Crippen molar-refractivity contribution in [1.29, 1.82) is 0 Å². The Bertz CT molecular complexity index is 758. The molecule has 3 rings (SSSR count). The van der Waals surface area contributed by atoms with Crippen molar-refractivity contribution in [2.75, 3.05) is 6.61 Å². The molecule has 0 aromatic heterocycles. The molecule has 1 fully saturated rings. The average Bonchev–Trinajstić information content (AvgIpc) is 3.02. The molecule has 0 aromatic carbocycles. The van der Waals surface area contributed by atoms with Crippen LogP contribution < -0.4 is 0 Å². The maximum absolute atomic E-state index is 12.4. The van der Waals surface area contributed by atoms with Gasteiger partial charge in [0.05, 0.1) is 17.3 Å². The zero-order valence-electron chi connectivity index (χ0n) is 16.1. The number of fused-ring (bicyclic) bond motifs is 3. The highest BCUT2D eigenvalue weighted by atomic mass is 16.6. The van der Waals surface area contributed by atoms with Crippen molar-refractivity contribution in [3.8, 4) is 0 Å². The zero-order valence-corrected chi connectivity index (χ0v) is 16.1. The minimum Gasteiger partial charge on any atom is -0.457 e. The number of hydrogen-bond donors (Lipinski definition) is 2. The van der Waals surface area contributed by atoms with Gasteiger partial charge in [-0.25, -0.2) is 9.59 Å². The van der Waals surface area contributed by atoms with E-state index in [1.165, 1.54) is 6.08 Å². The summed E-state index contributed by atoms with van der Waals surface area (Å²) < 4.78 is 16.4. The van der Waals surface area contributed by atoms with E-state index >= 15 is 0 Å². The van der Waals surface area contributed by atoms with Gasteiger partial charge in [0, 0.05) is 24.0 Å². The molecule has 7 heteroatoms. The molecule has 0 saturated carbocycles. The van der Waals surface area contributed by atoms with Crippen LogP contribution in [0.15, 0.2) is 34.6 Å². The molecule has 2 bridgehead atoms. The summed E-state index contributed by atoms with van der Waals surface area (Å²) in [6.07, 6.45) is 3.08. The van der Waals surface area contributed by atoms with Gasteiger partial charge in [-0.1, -0.05) is 12.5 Å². The lowest BCUT2D eigenvalue weighted by Gasteiger charge is -2.32. The molecule has 0 aromatic rings. The maximum atomic E-state index is 12.4. The second-order valence-corrected chi connectivity index (χ2v) is 8.03. The normalized spacial score (nSPS) is 35.5. The largest absolute Gasteiger partial charge is 0.457 e. The van der Waals surface area contributed by atoms with Crippen molar-refractivity contribution in [3.63, 3.8) is 0 Å². The highest BCUT2D eigenvalue weighted by Crippen LogP contribution is 2.47. The number of allylic oxidation sites excluding steroid dienone is 1. The van der Waals surface area contributed by atoms with Crippen molar-refractivity contribution < 1.29 is 34.0 Å². The Hall–Kier alpha value is -1.96. The van der Waals surface area contributed by atoms with Gasteiger partial charge in [-0.2, -0.15) is 0 Å². The topological polar surface area (TPSA) is 102 Å². The summed E-state index contributed by atoms with van der Waals surface area (Å²) in [7, 11) is 0. The minimum atomic E-state index is -1.34. The van der Waals surface area contributed by atoms with Crippen molar-refractivity contribution in [3.05, 3.63) is 34.6 Å². The first-order valence-electron chi connectivity index (χ1n) is 9.14. The van der Waals surface area contributed by atoms with Crippen LogP contribution in [-0.4, -0.2) is 46.3 Å². The van der Waals surface area contributed by atoms with Gasteiger partial charge in [0.2, 0.25) is 0 Å². The Kier molecular flexibility index (Phi) is 5.05. The van der Waals surface area contributed by atoms with Gasteiger partial charge < -0.3 is 24.4 Å². The summed E-state index contributed by atoms with van der Waals surface area (Å²) in [5.41, 5.74) is 0.378. The molecule has 3 heterocycles. The minimum absolute atomic E-state index is 0.116. The quantitative estimate of drug-likeness (QED) is 0.571. The van der Waals surface area contributed by atoms with Crippen LogP contribution in [0.2, 0.25) is 0 Å². The predicted molar refractivity (Wildman–Crippen MR) is 95.1 cm³/mol. The molecule has 2 N–H and O–H groups in total. The van der Waals surface area contributed by atoms with Gasteiger partial charge in [-0.3, -0.25) is 0 Å². The highest BCUT2D eigenvalue weighted by Gasteiger charge is 2.51. The summed E-state index contributed by atoms with van der Waals surface area (Å²) in [6, 6.07) is 0. The Balaban J connectivity index is 1.96. The summed E-state index contributed by atoms with van der Waals surface area (Å²) >= 11 is 0. The van der Waals surface area contributed by atoms with Crippen molar-refractivity contribution >= 4 is 11.9 Å². The van der Waals surface area contributed by atoms with E-state index in [0.29, 0.717) is 18.4 Å². The highest BCUT2D eigenvalue weighted by molar-refractivity contribution is 5.95. The number of carbonyl (C=O) groups is 2. The van der Waals surface area contributed by atoms with Crippen molar-refractivity contribution in [2.24, 2.45) is 5.92 Å². The Morgan fingerprint density at radius 2 is 2.11 bits per heavy atom. The molecule has 4 atom stereocenters. The molecule has 0 radical (unpaired) electrons. The summed E-state index contributed by atoms with van der Waals surface area (Å²) in [4.78, 5) is 24.1. The zero-order chi connectivity index (χ0) is 20.0. The monoisotopic (exact) mass is 378 g/mol. The average molecular weight is 378 g/mol. The molecule has 27 heavy (non-hydrogen) atoms. The number of esters is 2. The van der Waals surface area contributed by atoms with E-state index < -0.39 is 29.4 Å². The maximum Gasteiger partial charge on any atom is 0.343 e. The van der Waals surface area contributed by atoms with Crippen LogP contribution in [-0.2, 0) is 23.8 Å². The molecule has 0 aliphatic carbocycles. The van der Waals surface area contributed by atoms with Crippen LogP contribution in [0.3, 0.4) is 0 Å². The fourth-order valence-corrected chi connectivity index (χ4v) is 3.80. The lowest BCUT2D eigenvalue weighted by Crippen LogP contribution is -2.39. The first-order chi connectivity index (χ1) is 12.5. The van der Waals surface area contributed by atoms with Gasteiger partial charge in [-0.15, -0.1) is 0 Å². The summed E-state index contributed by atoms with van der Waals surface area (Å²) in [6.45, 7) is 6.84. The molecule has 1 saturated heterocycles. The van der Waals surface area contributed by atoms with Crippen molar-refractivity contribution in [1.82, 2.24) is 0 Å². The molecule has 3 aliphatic rings. The van der Waals surface area contributed by atoms with E-state index in [1.54, 1.807) is 33.8 Å². The van der Waals surface area contributed by atoms with E-state index in [1.807, 2.05) is 0 Å². The van der Waals surface area contributed by atoms with E-state index in [2.05, 4.69) is 0 Å². The third-order valence-electron chi connectivity index (χ3n) is 5.31. The summed E-state index contributed by atoms with van der Waals surface area (Å²) in [5.74, 6) is -2.71. The number of hydrogen-bond acceptors (Lipinski definition) is 7. The lowest BCUT2D eigenvalue weighted by atomic mass is 9.86. The Labute approximate surface area is 158 Å². The fourth-order valence-electron chi connectivity index (χ4n) is 3.80. The molecule has 148 valence electrons. The molecule has 7 nitrogen and oxygen atoms in total. The third kappa shape index (κ3) is 3.85. The summed E-state index contributed by atoms with van der Waals surface area (Å²) in [5, 5.41) is 21.5. The molecule has 3 aliphatic heterocycles. The van der Waals surface area contributed by atoms with Crippen LogP contribution in [0, 0.1) is 5.92 Å². The number of rotatable bonds is 3. The molecule has 0 spiro atoms. The van der Waals surface area contributed by atoms with Crippen LogP contribution in [0.25, 0.3) is 0 Å². The van der Waals surface area contributed by atoms with Gasteiger partial charge >= 0.3 is 11.9 Å². The van der Waals surface area contributed by atoms with Crippen LogP contribution in [0.4, 0.5) is 0 Å². The SMILES string of the molecule is CC(C)=CC(=O)OCC1=C2C(=CC3(C)CCC(O)(O3)[C@H](C)C[C@@H]2O)OC1=O. The first-order valence-corrected chi connectivity index (χ1v) is 9.14. The van der Waals surface area contributed by atoms with Gasteiger partial charge in [0.15, 0.2) is 5.79 Å². The standard InChI is InChI=1S/C20H26O7/c1-11(2)7-16(22)25-10-13-17-14(21)8-12(3)20(24)6-5-19(4,27-20)9-15(17)26-18(13)23/h7,9,12,14,21,24H,5-6,8,10H2,1-4H3/t12-,14+,19?,20?/m1/s1. The van der Waals surface area contributed by atoms with Crippen molar-refractivity contribution in [2.45, 2.75) is 64.4 Å². The lowest BCUT2D eigenvalue weighted by molar-refractivity contribution is -0.238. The van der Waals surface area contributed by atoms with Gasteiger partial charge in [0.25, 0.3) is 0 Å². The second-order valence-electron chi connectivity index (χ2n) is 8.03.